The first-order chi connectivity index (χ1) is 11.2. The normalized spacial score (nSPS) is 19.0. The summed E-state index contributed by atoms with van der Waals surface area (Å²) in [6.45, 7) is 4.62. The lowest BCUT2D eigenvalue weighted by Gasteiger charge is -2.19. The molecule has 0 saturated carbocycles. The van der Waals surface area contributed by atoms with Gasteiger partial charge in [0.1, 0.15) is 5.75 Å². The summed E-state index contributed by atoms with van der Waals surface area (Å²) >= 11 is 0. The number of rotatable bonds is 6. The fraction of sp³-hybridized carbons (Fsp3) is 0.588. The van der Waals surface area contributed by atoms with Crippen LogP contribution in [0.2, 0.25) is 0 Å². The second-order valence-corrected chi connectivity index (χ2v) is 5.94. The van der Waals surface area contributed by atoms with Crippen molar-refractivity contribution in [3.63, 3.8) is 0 Å². The number of ether oxygens (including phenoxy) is 2. The minimum Gasteiger partial charge on any atom is -0.497 e. The van der Waals surface area contributed by atoms with Gasteiger partial charge >= 0.3 is 6.03 Å². The second kappa shape index (κ2) is 9.37. The maximum absolute atomic E-state index is 11.8. The number of hydrogen-bond acceptors (Lipinski definition) is 4. The average molecular weight is 321 g/mol. The van der Waals surface area contributed by atoms with E-state index in [0.29, 0.717) is 25.6 Å². The number of amides is 2. The molecule has 1 heterocycles. The smallest absolute Gasteiger partial charge is 0.314 e. The SMILES string of the molecule is COc1ccc(CCNC(=O)NC[C@H]2COCCN(C)C2)cc1. The van der Waals surface area contributed by atoms with Gasteiger partial charge in [0.25, 0.3) is 0 Å². The molecule has 6 heteroatoms. The zero-order valence-electron chi connectivity index (χ0n) is 14.0. The highest BCUT2D eigenvalue weighted by atomic mass is 16.5. The number of carbonyl (C=O) groups excluding carboxylic acids is 1. The van der Waals surface area contributed by atoms with Crippen molar-refractivity contribution >= 4 is 6.03 Å². The summed E-state index contributed by atoms with van der Waals surface area (Å²) in [5.41, 5.74) is 1.17. The van der Waals surface area contributed by atoms with E-state index in [1.165, 1.54) is 5.56 Å². The maximum atomic E-state index is 11.8. The largest absolute Gasteiger partial charge is 0.497 e. The molecule has 2 rings (SSSR count). The molecule has 1 saturated heterocycles. The molecule has 1 fully saturated rings. The van der Waals surface area contributed by atoms with Crippen LogP contribution in [0.4, 0.5) is 4.79 Å². The van der Waals surface area contributed by atoms with Gasteiger partial charge in [-0.2, -0.15) is 0 Å². The van der Waals surface area contributed by atoms with Crippen LogP contribution < -0.4 is 15.4 Å². The molecule has 1 aliphatic rings. The molecule has 0 spiro atoms. The Morgan fingerprint density at radius 2 is 2.13 bits per heavy atom. The first-order valence-corrected chi connectivity index (χ1v) is 8.08. The Kier molecular flexibility index (Phi) is 7.16. The van der Waals surface area contributed by atoms with E-state index in [1.54, 1.807) is 7.11 Å². The van der Waals surface area contributed by atoms with Gasteiger partial charge in [0, 0.05) is 32.1 Å². The van der Waals surface area contributed by atoms with E-state index >= 15 is 0 Å². The molecular formula is C17H27N3O3. The number of urea groups is 1. The molecule has 0 bridgehead atoms. The summed E-state index contributed by atoms with van der Waals surface area (Å²) in [5, 5.41) is 5.82. The molecule has 128 valence electrons. The minimum absolute atomic E-state index is 0.120. The van der Waals surface area contributed by atoms with Crippen molar-refractivity contribution < 1.29 is 14.3 Å². The Bertz CT molecular complexity index is 478. The quantitative estimate of drug-likeness (QED) is 0.824. The Morgan fingerprint density at radius 3 is 2.87 bits per heavy atom. The van der Waals surface area contributed by atoms with Crippen molar-refractivity contribution in [1.82, 2.24) is 15.5 Å². The molecule has 6 nitrogen and oxygen atoms in total. The third-order valence-electron chi connectivity index (χ3n) is 3.95. The van der Waals surface area contributed by atoms with E-state index in [9.17, 15) is 4.79 Å². The molecule has 1 atom stereocenters. The molecule has 23 heavy (non-hydrogen) atoms. The fourth-order valence-corrected chi connectivity index (χ4v) is 2.59. The first-order valence-electron chi connectivity index (χ1n) is 8.08. The number of benzene rings is 1. The van der Waals surface area contributed by atoms with Crippen molar-refractivity contribution in [2.24, 2.45) is 5.92 Å². The van der Waals surface area contributed by atoms with Gasteiger partial charge in [0.2, 0.25) is 0 Å². The molecule has 0 aliphatic carbocycles. The van der Waals surface area contributed by atoms with Crippen LogP contribution in [0, 0.1) is 5.92 Å². The van der Waals surface area contributed by atoms with E-state index in [0.717, 1.165) is 31.9 Å². The predicted octanol–water partition coefficient (Wildman–Crippen LogP) is 1.12. The van der Waals surface area contributed by atoms with Gasteiger partial charge in [-0.1, -0.05) is 12.1 Å². The highest BCUT2D eigenvalue weighted by Crippen LogP contribution is 2.11. The van der Waals surface area contributed by atoms with E-state index in [1.807, 2.05) is 24.3 Å². The van der Waals surface area contributed by atoms with Crippen LogP contribution in [0.3, 0.4) is 0 Å². The molecule has 0 radical (unpaired) electrons. The Labute approximate surface area is 138 Å². The third kappa shape index (κ3) is 6.46. The first kappa shape index (κ1) is 17.6. The molecule has 2 amide bonds. The van der Waals surface area contributed by atoms with Gasteiger partial charge in [-0.3, -0.25) is 0 Å². The lowest BCUT2D eigenvalue weighted by molar-refractivity contribution is 0.122. The van der Waals surface area contributed by atoms with Crippen LogP contribution >= 0.6 is 0 Å². The van der Waals surface area contributed by atoms with E-state index < -0.39 is 0 Å². The van der Waals surface area contributed by atoms with E-state index in [4.69, 9.17) is 9.47 Å². The van der Waals surface area contributed by atoms with Crippen molar-refractivity contribution in [3.05, 3.63) is 29.8 Å². The topological polar surface area (TPSA) is 62.8 Å². The van der Waals surface area contributed by atoms with Gasteiger partial charge in [-0.05, 0) is 31.2 Å². The summed E-state index contributed by atoms with van der Waals surface area (Å²) in [7, 11) is 3.73. The fourth-order valence-electron chi connectivity index (χ4n) is 2.59. The number of nitrogens with one attached hydrogen (secondary N) is 2. The van der Waals surface area contributed by atoms with E-state index in [2.05, 4.69) is 22.6 Å². The molecule has 0 unspecified atom stereocenters. The van der Waals surface area contributed by atoms with Crippen LogP contribution in [-0.4, -0.2) is 64.5 Å². The summed E-state index contributed by atoms with van der Waals surface area (Å²) in [4.78, 5) is 14.1. The highest BCUT2D eigenvalue weighted by Gasteiger charge is 2.16. The summed E-state index contributed by atoms with van der Waals surface area (Å²) < 4.78 is 10.7. The molecule has 2 N–H and O–H groups in total. The van der Waals surface area contributed by atoms with Gasteiger partial charge in [0.05, 0.1) is 20.3 Å². The monoisotopic (exact) mass is 321 g/mol. The van der Waals surface area contributed by atoms with Crippen molar-refractivity contribution in [3.8, 4) is 5.75 Å². The zero-order chi connectivity index (χ0) is 16.5. The Hall–Kier alpha value is -1.79. The van der Waals surface area contributed by atoms with Gasteiger partial charge in [0.15, 0.2) is 0 Å². The molecule has 1 aromatic carbocycles. The predicted molar refractivity (Wildman–Crippen MR) is 89.9 cm³/mol. The zero-order valence-corrected chi connectivity index (χ0v) is 14.0. The van der Waals surface area contributed by atoms with E-state index in [-0.39, 0.29) is 6.03 Å². The lowest BCUT2D eigenvalue weighted by atomic mass is 10.1. The van der Waals surface area contributed by atoms with Crippen LogP contribution in [0.5, 0.6) is 5.75 Å². The molecule has 1 aromatic rings. The van der Waals surface area contributed by atoms with Gasteiger partial charge in [-0.15, -0.1) is 0 Å². The molecule has 0 aromatic heterocycles. The lowest BCUT2D eigenvalue weighted by Crippen LogP contribution is -2.41. The average Bonchev–Trinajstić information content (AvgIpc) is 2.77. The summed E-state index contributed by atoms with van der Waals surface area (Å²) in [6.07, 6.45) is 0.798. The third-order valence-corrected chi connectivity index (χ3v) is 3.95. The minimum atomic E-state index is -0.120. The Morgan fingerprint density at radius 1 is 1.35 bits per heavy atom. The molecular weight excluding hydrogens is 294 g/mol. The summed E-state index contributed by atoms with van der Waals surface area (Å²) in [5.74, 6) is 1.19. The number of likely N-dealkylation sites (N-methyl/N-ethyl adjacent to an activating group) is 1. The maximum Gasteiger partial charge on any atom is 0.314 e. The number of hydrogen-bond donors (Lipinski definition) is 2. The van der Waals surface area contributed by atoms with Crippen LogP contribution in [0.15, 0.2) is 24.3 Å². The molecule has 1 aliphatic heterocycles. The van der Waals surface area contributed by atoms with Gasteiger partial charge < -0.3 is 25.0 Å². The highest BCUT2D eigenvalue weighted by molar-refractivity contribution is 5.73. The van der Waals surface area contributed by atoms with Gasteiger partial charge in [-0.25, -0.2) is 4.79 Å². The van der Waals surface area contributed by atoms with Crippen LogP contribution in [-0.2, 0) is 11.2 Å². The second-order valence-electron chi connectivity index (χ2n) is 5.94. The van der Waals surface area contributed by atoms with Crippen LogP contribution in [0.25, 0.3) is 0 Å². The summed E-state index contributed by atoms with van der Waals surface area (Å²) in [6, 6.07) is 7.76. The van der Waals surface area contributed by atoms with Crippen molar-refractivity contribution in [1.29, 1.82) is 0 Å². The van der Waals surface area contributed by atoms with Crippen LogP contribution in [0.1, 0.15) is 5.56 Å². The number of carbonyl (C=O) groups is 1. The number of methoxy groups -OCH3 is 1. The number of nitrogens with zero attached hydrogens (tertiary/aromatic N) is 1. The van der Waals surface area contributed by atoms with Crippen molar-refractivity contribution in [2.45, 2.75) is 6.42 Å². The van der Waals surface area contributed by atoms with Crippen molar-refractivity contribution in [2.75, 3.05) is 53.6 Å². The Balaban J connectivity index is 1.62. The standard InChI is InChI=1S/C17H27N3O3/c1-20-9-10-23-13-15(12-20)11-19-17(21)18-8-7-14-3-5-16(22-2)6-4-14/h3-6,15H,7-13H2,1-2H3,(H2,18,19,21)/t15-/m1/s1.